The maximum absolute atomic E-state index is 10.7. The number of aliphatic hydroxyl groups excluding tert-OH is 1. The topological polar surface area (TPSA) is 70.3 Å². The van der Waals surface area contributed by atoms with Gasteiger partial charge in [0.15, 0.2) is 0 Å². The van der Waals surface area contributed by atoms with Gasteiger partial charge in [0.05, 0.1) is 19.3 Å². The molecule has 4 nitrogen and oxygen atoms in total. The van der Waals surface area contributed by atoms with Gasteiger partial charge in [-0.15, -0.1) is 0 Å². The molecule has 0 atom stereocenters. The number of rotatable bonds is 4. The lowest BCUT2D eigenvalue weighted by molar-refractivity contribution is -0.146. The summed E-state index contributed by atoms with van der Waals surface area (Å²) in [4.78, 5) is 10.7. The van der Waals surface area contributed by atoms with Gasteiger partial charge in [-0.05, 0) is 0 Å². The minimum absolute atomic E-state index is 0.0488. The molecule has 0 saturated carbocycles. The lowest BCUT2D eigenvalue weighted by Gasteiger charge is -2.20. The van der Waals surface area contributed by atoms with Gasteiger partial charge in [0.1, 0.15) is 6.42 Å². The van der Waals surface area contributed by atoms with Gasteiger partial charge in [0.25, 0.3) is 0 Å². The summed E-state index contributed by atoms with van der Waals surface area (Å²) in [6.07, 6.45) is -0.235. The number of aliphatic hydroxyl groups is 1. The first-order valence-corrected chi connectivity index (χ1v) is 3.65. The Labute approximate surface area is 71.8 Å². The number of hydrogen-bond acceptors (Lipinski definition) is 4. The first-order chi connectivity index (χ1) is 5.52. The molecular formula is C8H13NO3. The van der Waals surface area contributed by atoms with E-state index >= 15 is 0 Å². The van der Waals surface area contributed by atoms with Gasteiger partial charge in [-0.1, -0.05) is 13.8 Å². The van der Waals surface area contributed by atoms with E-state index in [0.717, 1.165) is 0 Å². The van der Waals surface area contributed by atoms with Crippen molar-refractivity contribution in [3.8, 4) is 6.07 Å². The monoisotopic (exact) mass is 171 g/mol. The number of nitriles is 1. The molecule has 0 bridgehead atoms. The van der Waals surface area contributed by atoms with Crippen molar-refractivity contribution in [1.29, 1.82) is 5.26 Å². The third-order valence-electron chi connectivity index (χ3n) is 1.28. The zero-order chi connectivity index (χ0) is 9.61. The molecule has 68 valence electrons. The van der Waals surface area contributed by atoms with Crippen LogP contribution in [0.2, 0.25) is 0 Å². The zero-order valence-electron chi connectivity index (χ0n) is 7.33. The molecule has 0 saturated heterocycles. The van der Waals surface area contributed by atoms with E-state index in [9.17, 15) is 4.79 Å². The quantitative estimate of drug-likeness (QED) is 0.624. The summed E-state index contributed by atoms with van der Waals surface area (Å²) in [7, 11) is 0. The summed E-state index contributed by atoms with van der Waals surface area (Å²) in [5.74, 6) is -0.543. The Morgan fingerprint density at radius 3 is 2.67 bits per heavy atom. The Balaban J connectivity index is 3.69. The summed E-state index contributed by atoms with van der Waals surface area (Å²) in [6, 6.07) is 1.68. The highest BCUT2D eigenvalue weighted by Gasteiger charge is 2.18. The predicted octanol–water partition coefficient (Wildman–Crippen LogP) is 0.462. The first kappa shape index (κ1) is 10.9. The molecule has 0 unspecified atom stereocenters. The molecule has 0 rings (SSSR count). The average Bonchev–Trinajstić information content (AvgIpc) is 2.02. The van der Waals surface area contributed by atoms with Crippen LogP contribution in [0, 0.1) is 16.7 Å². The van der Waals surface area contributed by atoms with Gasteiger partial charge < -0.3 is 9.84 Å². The lowest BCUT2D eigenvalue weighted by Crippen LogP contribution is -2.25. The summed E-state index contributed by atoms with van der Waals surface area (Å²) in [5.41, 5.74) is -0.425. The van der Waals surface area contributed by atoms with Crippen molar-refractivity contribution in [3.05, 3.63) is 0 Å². The minimum Gasteiger partial charge on any atom is -0.464 e. The van der Waals surface area contributed by atoms with Gasteiger partial charge >= 0.3 is 5.97 Å². The van der Waals surface area contributed by atoms with Gasteiger partial charge in [0, 0.05) is 5.41 Å². The molecule has 1 N–H and O–H groups in total. The Morgan fingerprint density at radius 2 is 2.25 bits per heavy atom. The number of ether oxygens (including phenoxy) is 1. The summed E-state index contributed by atoms with van der Waals surface area (Å²) < 4.78 is 4.72. The molecule has 4 heteroatoms. The number of nitrogens with zero attached hydrogens (tertiary/aromatic N) is 1. The molecule has 0 spiro atoms. The largest absolute Gasteiger partial charge is 0.464 e. The van der Waals surface area contributed by atoms with Crippen LogP contribution in [-0.4, -0.2) is 24.3 Å². The van der Waals surface area contributed by atoms with Crippen LogP contribution < -0.4 is 0 Å². The Kier molecular flexibility index (Phi) is 4.30. The second kappa shape index (κ2) is 4.73. The Morgan fingerprint density at radius 1 is 1.67 bits per heavy atom. The zero-order valence-corrected chi connectivity index (χ0v) is 7.33. The highest BCUT2D eigenvalue weighted by atomic mass is 16.5. The summed E-state index contributed by atoms with van der Waals surface area (Å²) >= 11 is 0. The van der Waals surface area contributed by atoms with Crippen LogP contribution in [0.1, 0.15) is 20.3 Å². The molecule has 0 aromatic heterocycles. The van der Waals surface area contributed by atoms with E-state index in [1.807, 2.05) is 0 Å². The number of carbonyl (C=O) groups excluding carboxylic acids is 1. The third-order valence-corrected chi connectivity index (χ3v) is 1.28. The Bertz CT molecular complexity index is 193. The van der Waals surface area contributed by atoms with E-state index in [4.69, 9.17) is 15.1 Å². The average molecular weight is 171 g/mol. The molecule has 0 radical (unpaired) electrons. The molecule has 0 aromatic rings. The number of hydrogen-bond donors (Lipinski definition) is 1. The SMILES string of the molecule is CC(C)(CO)COC(=O)CC#N. The van der Waals surface area contributed by atoms with E-state index in [1.54, 1.807) is 19.9 Å². The minimum atomic E-state index is -0.543. The van der Waals surface area contributed by atoms with Gasteiger partial charge in [-0.25, -0.2) is 0 Å². The van der Waals surface area contributed by atoms with Crippen LogP contribution in [0.25, 0.3) is 0 Å². The van der Waals surface area contributed by atoms with Crippen LogP contribution in [0.5, 0.6) is 0 Å². The normalized spacial score (nSPS) is 10.5. The van der Waals surface area contributed by atoms with Crippen molar-refractivity contribution >= 4 is 5.97 Å². The van der Waals surface area contributed by atoms with Crippen molar-refractivity contribution < 1.29 is 14.6 Å². The van der Waals surface area contributed by atoms with Crippen LogP contribution in [-0.2, 0) is 9.53 Å². The van der Waals surface area contributed by atoms with Crippen LogP contribution in [0.15, 0.2) is 0 Å². The molecule has 0 aliphatic rings. The van der Waals surface area contributed by atoms with Gasteiger partial charge in [-0.2, -0.15) is 5.26 Å². The van der Waals surface area contributed by atoms with E-state index in [-0.39, 0.29) is 19.6 Å². The van der Waals surface area contributed by atoms with Gasteiger partial charge in [0.2, 0.25) is 0 Å². The maximum Gasteiger partial charge on any atom is 0.320 e. The second-order valence-electron chi connectivity index (χ2n) is 3.32. The molecule has 0 aliphatic heterocycles. The van der Waals surface area contributed by atoms with Crippen molar-refractivity contribution in [3.63, 3.8) is 0 Å². The lowest BCUT2D eigenvalue weighted by atomic mass is 9.97. The maximum atomic E-state index is 10.7. The van der Waals surface area contributed by atoms with Crippen molar-refractivity contribution in [1.82, 2.24) is 0 Å². The van der Waals surface area contributed by atoms with Gasteiger partial charge in [-0.3, -0.25) is 4.79 Å². The van der Waals surface area contributed by atoms with E-state index in [0.29, 0.717) is 0 Å². The second-order valence-corrected chi connectivity index (χ2v) is 3.32. The standard InChI is InChI=1S/C8H13NO3/c1-8(2,5-10)6-12-7(11)3-4-9/h10H,3,5-6H2,1-2H3. The fourth-order valence-electron chi connectivity index (χ4n) is 0.437. The molecule has 0 fully saturated rings. The fraction of sp³-hybridized carbons (Fsp3) is 0.750. The first-order valence-electron chi connectivity index (χ1n) is 3.65. The van der Waals surface area contributed by atoms with Crippen molar-refractivity contribution in [2.45, 2.75) is 20.3 Å². The van der Waals surface area contributed by atoms with Crippen molar-refractivity contribution in [2.75, 3.05) is 13.2 Å². The molecule has 0 aromatic carbocycles. The van der Waals surface area contributed by atoms with E-state index in [2.05, 4.69) is 0 Å². The molecule has 0 amide bonds. The highest BCUT2D eigenvalue weighted by Crippen LogP contribution is 2.13. The molecule has 0 heterocycles. The summed E-state index contributed by atoms with van der Waals surface area (Å²) in [6.45, 7) is 3.64. The van der Waals surface area contributed by atoms with Crippen LogP contribution >= 0.6 is 0 Å². The third kappa shape index (κ3) is 4.69. The fourth-order valence-corrected chi connectivity index (χ4v) is 0.437. The number of esters is 1. The predicted molar refractivity (Wildman–Crippen MR) is 42.1 cm³/mol. The van der Waals surface area contributed by atoms with Crippen LogP contribution in [0.4, 0.5) is 0 Å². The van der Waals surface area contributed by atoms with E-state index < -0.39 is 11.4 Å². The molecule has 12 heavy (non-hydrogen) atoms. The molecular weight excluding hydrogens is 158 g/mol. The number of carbonyl (C=O) groups is 1. The molecule has 0 aliphatic carbocycles. The van der Waals surface area contributed by atoms with E-state index in [1.165, 1.54) is 0 Å². The van der Waals surface area contributed by atoms with Crippen molar-refractivity contribution in [2.24, 2.45) is 5.41 Å². The van der Waals surface area contributed by atoms with Crippen LogP contribution in [0.3, 0.4) is 0 Å². The Hall–Kier alpha value is -1.08. The highest BCUT2D eigenvalue weighted by molar-refractivity contribution is 5.71. The smallest absolute Gasteiger partial charge is 0.320 e. The summed E-state index contributed by atoms with van der Waals surface area (Å²) in [5, 5.41) is 16.9.